The van der Waals surface area contributed by atoms with E-state index in [1.54, 1.807) is 11.8 Å². The monoisotopic (exact) mass is 484 g/mol. The predicted octanol–water partition coefficient (Wildman–Crippen LogP) is 4.54. The van der Waals surface area contributed by atoms with E-state index in [0.717, 1.165) is 33.7 Å². The zero-order valence-corrected chi connectivity index (χ0v) is 19.8. The molecule has 0 bridgehead atoms. The number of nitrogens with zero attached hydrogens (tertiary/aromatic N) is 1. The zero-order chi connectivity index (χ0) is 23.4. The van der Waals surface area contributed by atoms with E-state index < -0.39 is 21.9 Å². The molecular formula is C25H25FN2O3S2. The molecule has 8 heteroatoms. The van der Waals surface area contributed by atoms with Gasteiger partial charge < -0.3 is 5.32 Å². The second kappa shape index (κ2) is 10.1. The van der Waals surface area contributed by atoms with Crippen LogP contribution in [0.4, 0.5) is 4.39 Å². The van der Waals surface area contributed by atoms with Crippen molar-refractivity contribution >= 4 is 27.7 Å². The summed E-state index contributed by atoms with van der Waals surface area (Å²) in [6.07, 6.45) is 2.56. The van der Waals surface area contributed by atoms with Gasteiger partial charge in [0.1, 0.15) is 5.82 Å². The van der Waals surface area contributed by atoms with Gasteiger partial charge in [0, 0.05) is 24.4 Å². The van der Waals surface area contributed by atoms with E-state index in [-0.39, 0.29) is 23.8 Å². The number of carbonyl (C=O) groups is 1. The molecule has 0 saturated heterocycles. The van der Waals surface area contributed by atoms with Crippen molar-refractivity contribution in [1.82, 2.24) is 9.62 Å². The Labute approximate surface area is 198 Å². The van der Waals surface area contributed by atoms with Crippen molar-refractivity contribution in [2.75, 3.05) is 12.8 Å². The Hall–Kier alpha value is -2.68. The van der Waals surface area contributed by atoms with Gasteiger partial charge in [-0.05, 0) is 65.8 Å². The van der Waals surface area contributed by atoms with Crippen LogP contribution in [0.5, 0.6) is 0 Å². The highest BCUT2D eigenvalue weighted by molar-refractivity contribution is 7.98. The van der Waals surface area contributed by atoms with E-state index in [9.17, 15) is 17.6 Å². The fourth-order valence-corrected chi connectivity index (χ4v) is 6.08. The van der Waals surface area contributed by atoms with Crippen LogP contribution in [0.15, 0.2) is 82.6 Å². The second-order valence-corrected chi connectivity index (χ2v) is 10.6. The maximum atomic E-state index is 13.4. The highest BCUT2D eigenvalue weighted by Crippen LogP contribution is 2.36. The van der Waals surface area contributed by atoms with Crippen molar-refractivity contribution in [2.24, 2.45) is 0 Å². The minimum absolute atomic E-state index is 0.000331. The van der Waals surface area contributed by atoms with Crippen LogP contribution in [0, 0.1) is 5.82 Å². The number of halogens is 1. The van der Waals surface area contributed by atoms with Crippen molar-refractivity contribution in [3.8, 4) is 0 Å². The molecule has 33 heavy (non-hydrogen) atoms. The molecule has 0 aliphatic carbocycles. The fraction of sp³-hybridized carbons (Fsp3) is 0.240. The molecule has 1 N–H and O–H groups in total. The maximum absolute atomic E-state index is 13.4. The number of rotatable bonds is 7. The van der Waals surface area contributed by atoms with Gasteiger partial charge in [-0.25, -0.2) is 12.8 Å². The SMILES string of the molecule is CSc1ccc(CNC(=O)CC2c3ccccc3CCN2S(=O)(=O)c2ccc(F)cc2)cc1. The molecule has 1 aliphatic rings. The van der Waals surface area contributed by atoms with E-state index in [0.29, 0.717) is 13.0 Å². The quantitative estimate of drug-likeness (QED) is 0.500. The number of hydrogen-bond donors (Lipinski definition) is 1. The van der Waals surface area contributed by atoms with E-state index >= 15 is 0 Å². The predicted molar refractivity (Wildman–Crippen MR) is 128 cm³/mol. The molecule has 1 atom stereocenters. The Morgan fingerprint density at radius 1 is 1.06 bits per heavy atom. The average Bonchev–Trinajstić information content (AvgIpc) is 2.83. The van der Waals surface area contributed by atoms with Crippen LogP contribution < -0.4 is 5.32 Å². The first kappa shape index (κ1) is 23.5. The summed E-state index contributed by atoms with van der Waals surface area (Å²) in [6, 6.07) is 19.7. The van der Waals surface area contributed by atoms with Gasteiger partial charge in [-0.2, -0.15) is 4.31 Å². The normalized spacial score (nSPS) is 16.2. The fourth-order valence-electron chi connectivity index (χ4n) is 4.06. The van der Waals surface area contributed by atoms with Crippen LogP contribution in [-0.4, -0.2) is 31.4 Å². The molecule has 0 aromatic heterocycles. The lowest BCUT2D eigenvalue weighted by Crippen LogP contribution is -2.42. The smallest absolute Gasteiger partial charge is 0.243 e. The minimum atomic E-state index is -3.91. The Morgan fingerprint density at radius 2 is 1.76 bits per heavy atom. The van der Waals surface area contributed by atoms with Gasteiger partial charge >= 0.3 is 0 Å². The Balaban J connectivity index is 1.56. The number of sulfonamides is 1. The second-order valence-electron chi connectivity index (χ2n) is 7.86. The van der Waals surface area contributed by atoms with Gasteiger partial charge in [0.25, 0.3) is 0 Å². The highest BCUT2D eigenvalue weighted by Gasteiger charge is 2.37. The van der Waals surface area contributed by atoms with Crippen LogP contribution >= 0.6 is 11.8 Å². The molecule has 3 aromatic rings. The van der Waals surface area contributed by atoms with Gasteiger partial charge in [-0.15, -0.1) is 11.8 Å². The summed E-state index contributed by atoms with van der Waals surface area (Å²) in [5.41, 5.74) is 2.84. The molecule has 1 aliphatic heterocycles. The van der Waals surface area contributed by atoms with Crippen molar-refractivity contribution in [1.29, 1.82) is 0 Å². The molecule has 3 aromatic carbocycles. The molecule has 0 fully saturated rings. The minimum Gasteiger partial charge on any atom is -0.352 e. The molecule has 1 unspecified atom stereocenters. The van der Waals surface area contributed by atoms with Gasteiger partial charge in [0.15, 0.2) is 0 Å². The van der Waals surface area contributed by atoms with E-state index in [2.05, 4.69) is 5.32 Å². The molecule has 0 saturated carbocycles. The van der Waals surface area contributed by atoms with Crippen LogP contribution in [0.25, 0.3) is 0 Å². The van der Waals surface area contributed by atoms with E-state index in [1.807, 2.05) is 54.8 Å². The standard InChI is InChI=1S/C25H25FN2O3S2/c1-32-21-10-6-18(7-11-21)17-27-25(29)16-24-23-5-3-2-4-19(23)14-15-28(24)33(30,31)22-12-8-20(26)9-13-22/h2-13,24H,14-17H2,1H3,(H,27,29). The lowest BCUT2D eigenvalue weighted by Gasteiger charge is -2.36. The topological polar surface area (TPSA) is 66.5 Å². The third kappa shape index (κ3) is 5.29. The first-order valence-corrected chi connectivity index (χ1v) is 13.3. The molecular weight excluding hydrogens is 459 g/mol. The number of fused-ring (bicyclic) bond motifs is 1. The first-order valence-electron chi connectivity index (χ1n) is 10.6. The number of thioether (sulfide) groups is 1. The lowest BCUT2D eigenvalue weighted by molar-refractivity contribution is -0.122. The van der Waals surface area contributed by atoms with Crippen LogP contribution in [-0.2, 0) is 27.8 Å². The van der Waals surface area contributed by atoms with Gasteiger partial charge in [-0.1, -0.05) is 36.4 Å². The molecule has 5 nitrogen and oxygen atoms in total. The van der Waals surface area contributed by atoms with Crippen molar-refractivity contribution in [3.63, 3.8) is 0 Å². The Bertz CT molecular complexity index is 1230. The van der Waals surface area contributed by atoms with Crippen molar-refractivity contribution < 1.29 is 17.6 Å². The summed E-state index contributed by atoms with van der Waals surface area (Å²) in [5.74, 6) is -0.732. The van der Waals surface area contributed by atoms with Crippen LogP contribution in [0.2, 0.25) is 0 Å². The Morgan fingerprint density at radius 3 is 2.45 bits per heavy atom. The van der Waals surface area contributed by atoms with Gasteiger partial charge in [0.2, 0.25) is 15.9 Å². The number of carbonyl (C=O) groups excluding carboxylic acids is 1. The maximum Gasteiger partial charge on any atom is 0.243 e. The third-order valence-electron chi connectivity index (χ3n) is 5.81. The van der Waals surface area contributed by atoms with E-state index in [1.165, 1.54) is 16.4 Å². The average molecular weight is 485 g/mol. The first-order chi connectivity index (χ1) is 15.9. The molecule has 4 rings (SSSR count). The van der Waals surface area contributed by atoms with Crippen molar-refractivity contribution in [3.05, 3.63) is 95.3 Å². The van der Waals surface area contributed by atoms with Crippen molar-refractivity contribution in [2.45, 2.75) is 35.2 Å². The number of amides is 1. The van der Waals surface area contributed by atoms with Gasteiger partial charge in [0.05, 0.1) is 10.9 Å². The summed E-state index contributed by atoms with van der Waals surface area (Å²) in [7, 11) is -3.91. The Kier molecular flexibility index (Phi) is 7.17. The summed E-state index contributed by atoms with van der Waals surface area (Å²) in [4.78, 5) is 14.0. The van der Waals surface area contributed by atoms with Crippen LogP contribution in [0.3, 0.4) is 0 Å². The lowest BCUT2D eigenvalue weighted by atomic mass is 9.92. The third-order valence-corrected chi connectivity index (χ3v) is 8.48. The molecule has 1 amide bonds. The molecule has 172 valence electrons. The summed E-state index contributed by atoms with van der Waals surface area (Å²) in [6.45, 7) is 0.622. The molecule has 0 spiro atoms. The summed E-state index contributed by atoms with van der Waals surface area (Å²) in [5, 5.41) is 2.92. The van der Waals surface area contributed by atoms with Crippen LogP contribution in [0.1, 0.15) is 29.2 Å². The number of nitrogens with one attached hydrogen (secondary N) is 1. The highest BCUT2D eigenvalue weighted by atomic mass is 32.2. The molecule has 0 radical (unpaired) electrons. The molecule has 1 heterocycles. The van der Waals surface area contributed by atoms with Gasteiger partial charge in [-0.3, -0.25) is 4.79 Å². The number of benzene rings is 3. The summed E-state index contributed by atoms with van der Waals surface area (Å²) < 4.78 is 41.6. The zero-order valence-electron chi connectivity index (χ0n) is 18.2. The summed E-state index contributed by atoms with van der Waals surface area (Å²) >= 11 is 1.65. The number of hydrogen-bond acceptors (Lipinski definition) is 4. The van der Waals surface area contributed by atoms with E-state index in [4.69, 9.17) is 0 Å². The largest absolute Gasteiger partial charge is 0.352 e.